The first-order valence-corrected chi connectivity index (χ1v) is 6.42. The van der Waals surface area contributed by atoms with Gasteiger partial charge in [0, 0.05) is 18.6 Å². The maximum Gasteiger partial charge on any atom is 0.0186 e. The van der Waals surface area contributed by atoms with E-state index in [0.29, 0.717) is 6.04 Å². The first-order chi connectivity index (χ1) is 7.02. The third-order valence-corrected chi connectivity index (χ3v) is 4.26. The van der Waals surface area contributed by atoms with Gasteiger partial charge in [0.25, 0.3) is 0 Å². The largest absolute Gasteiger partial charge is 0.312 e. The first-order valence-electron chi connectivity index (χ1n) is 6.42. The highest BCUT2D eigenvalue weighted by molar-refractivity contribution is 4.83. The van der Waals surface area contributed by atoms with Gasteiger partial charge < -0.3 is 10.2 Å². The van der Waals surface area contributed by atoms with Crippen LogP contribution in [0.3, 0.4) is 0 Å². The minimum Gasteiger partial charge on any atom is -0.312 e. The normalized spacial score (nSPS) is 34.4. The Labute approximate surface area is 95.4 Å². The van der Waals surface area contributed by atoms with E-state index in [-0.39, 0.29) is 0 Å². The fourth-order valence-electron chi connectivity index (χ4n) is 2.37. The van der Waals surface area contributed by atoms with Crippen LogP contribution in [0.2, 0.25) is 0 Å². The molecule has 0 spiro atoms. The van der Waals surface area contributed by atoms with Gasteiger partial charge in [-0.3, -0.25) is 0 Å². The molecule has 90 valence electrons. The summed E-state index contributed by atoms with van der Waals surface area (Å²) in [5, 5.41) is 3.74. The standard InChI is InChI=1S/C13H28N2/c1-10-7-6-8-13(12(10)3)14-9-11(2)15(4)5/h10-14H,6-9H2,1-5H3. The minimum atomic E-state index is 0.634. The Kier molecular flexibility index (Phi) is 5.07. The number of hydrogen-bond acceptors (Lipinski definition) is 2. The van der Waals surface area contributed by atoms with Crippen LogP contribution in [0.4, 0.5) is 0 Å². The molecule has 1 N–H and O–H groups in total. The van der Waals surface area contributed by atoms with Crippen LogP contribution < -0.4 is 5.32 Å². The molecule has 0 aromatic carbocycles. The van der Waals surface area contributed by atoms with Gasteiger partial charge in [0.2, 0.25) is 0 Å². The highest BCUT2D eigenvalue weighted by atomic mass is 15.1. The SMILES string of the molecule is CC1CCCC(NCC(C)N(C)C)C1C. The van der Waals surface area contributed by atoms with Crippen molar-refractivity contribution in [1.82, 2.24) is 10.2 Å². The maximum atomic E-state index is 3.74. The molecule has 4 unspecified atom stereocenters. The smallest absolute Gasteiger partial charge is 0.0186 e. The molecule has 1 aliphatic rings. The summed E-state index contributed by atoms with van der Waals surface area (Å²) >= 11 is 0. The second-order valence-electron chi connectivity index (χ2n) is 5.59. The van der Waals surface area contributed by atoms with E-state index in [1.54, 1.807) is 0 Å². The summed E-state index contributed by atoms with van der Waals surface area (Å²) < 4.78 is 0. The molecule has 0 amide bonds. The molecule has 2 heteroatoms. The van der Waals surface area contributed by atoms with Crippen LogP contribution in [0.5, 0.6) is 0 Å². The number of nitrogens with zero attached hydrogens (tertiary/aromatic N) is 1. The Morgan fingerprint density at radius 1 is 1.27 bits per heavy atom. The van der Waals surface area contributed by atoms with Gasteiger partial charge in [-0.2, -0.15) is 0 Å². The molecular formula is C13H28N2. The van der Waals surface area contributed by atoms with Gasteiger partial charge in [-0.05, 0) is 39.3 Å². The monoisotopic (exact) mass is 212 g/mol. The van der Waals surface area contributed by atoms with Gasteiger partial charge in [-0.1, -0.05) is 26.7 Å². The van der Waals surface area contributed by atoms with Crippen LogP contribution in [-0.2, 0) is 0 Å². The molecular weight excluding hydrogens is 184 g/mol. The van der Waals surface area contributed by atoms with Crippen LogP contribution in [0.1, 0.15) is 40.0 Å². The lowest BCUT2D eigenvalue weighted by atomic mass is 9.78. The lowest BCUT2D eigenvalue weighted by molar-refractivity contribution is 0.192. The number of rotatable bonds is 4. The quantitative estimate of drug-likeness (QED) is 0.769. The Hall–Kier alpha value is -0.0800. The van der Waals surface area contributed by atoms with Crippen LogP contribution >= 0.6 is 0 Å². The number of hydrogen-bond donors (Lipinski definition) is 1. The van der Waals surface area contributed by atoms with Gasteiger partial charge in [0.05, 0.1) is 0 Å². The second kappa shape index (κ2) is 5.86. The van der Waals surface area contributed by atoms with E-state index in [9.17, 15) is 0 Å². The van der Waals surface area contributed by atoms with Crippen molar-refractivity contribution in [3.63, 3.8) is 0 Å². The maximum absolute atomic E-state index is 3.74. The Bertz CT molecular complexity index is 179. The first kappa shape index (κ1) is 13.0. The van der Waals surface area contributed by atoms with Gasteiger partial charge in [0.1, 0.15) is 0 Å². The zero-order chi connectivity index (χ0) is 11.4. The zero-order valence-electron chi connectivity index (χ0n) is 11.1. The van der Waals surface area contributed by atoms with Crippen molar-refractivity contribution >= 4 is 0 Å². The molecule has 1 rings (SSSR count). The summed E-state index contributed by atoms with van der Waals surface area (Å²) in [7, 11) is 4.30. The molecule has 0 radical (unpaired) electrons. The molecule has 1 fully saturated rings. The Balaban J connectivity index is 2.31. The summed E-state index contributed by atoms with van der Waals surface area (Å²) in [5.74, 6) is 1.74. The minimum absolute atomic E-state index is 0.634. The third-order valence-electron chi connectivity index (χ3n) is 4.26. The van der Waals surface area contributed by atoms with E-state index in [4.69, 9.17) is 0 Å². The van der Waals surface area contributed by atoms with E-state index in [0.717, 1.165) is 24.4 Å². The number of likely N-dealkylation sites (N-methyl/N-ethyl adjacent to an activating group) is 1. The molecule has 2 nitrogen and oxygen atoms in total. The molecule has 0 aliphatic heterocycles. The molecule has 1 aliphatic carbocycles. The Morgan fingerprint density at radius 3 is 2.53 bits per heavy atom. The molecule has 0 aromatic heterocycles. The highest BCUT2D eigenvalue weighted by Gasteiger charge is 2.26. The topological polar surface area (TPSA) is 15.3 Å². The van der Waals surface area contributed by atoms with E-state index in [1.165, 1.54) is 19.3 Å². The molecule has 4 atom stereocenters. The van der Waals surface area contributed by atoms with Crippen LogP contribution in [0.25, 0.3) is 0 Å². The summed E-state index contributed by atoms with van der Waals surface area (Å²) in [5.41, 5.74) is 0. The average Bonchev–Trinajstić information content (AvgIpc) is 2.19. The molecule has 0 bridgehead atoms. The fraction of sp³-hybridized carbons (Fsp3) is 1.00. The summed E-state index contributed by atoms with van der Waals surface area (Å²) in [6, 6.07) is 1.38. The van der Waals surface area contributed by atoms with Crippen molar-refractivity contribution in [2.75, 3.05) is 20.6 Å². The van der Waals surface area contributed by atoms with E-state index < -0.39 is 0 Å². The van der Waals surface area contributed by atoms with Gasteiger partial charge >= 0.3 is 0 Å². The van der Waals surface area contributed by atoms with Crippen LogP contribution in [0.15, 0.2) is 0 Å². The van der Waals surface area contributed by atoms with E-state index in [2.05, 4.69) is 45.1 Å². The molecule has 0 aromatic rings. The lowest BCUT2D eigenvalue weighted by Crippen LogP contribution is -2.45. The van der Waals surface area contributed by atoms with Crippen molar-refractivity contribution in [2.24, 2.45) is 11.8 Å². The van der Waals surface area contributed by atoms with Crippen molar-refractivity contribution in [1.29, 1.82) is 0 Å². The molecule has 15 heavy (non-hydrogen) atoms. The van der Waals surface area contributed by atoms with E-state index in [1.807, 2.05) is 0 Å². The fourth-order valence-corrected chi connectivity index (χ4v) is 2.37. The van der Waals surface area contributed by atoms with Crippen LogP contribution in [-0.4, -0.2) is 37.6 Å². The van der Waals surface area contributed by atoms with E-state index >= 15 is 0 Å². The summed E-state index contributed by atoms with van der Waals surface area (Å²) in [6.45, 7) is 8.20. The highest BCUT2D eigenvalue weighted by Crippen LogP contribution is 2.29. The third kappa shape index (κ3) is 3.76. The van der Waals surface area contributed by atoms with Crippen molar-refractivity contribution < 1.29 is 0 Å². The molecule has 1 saturated carbocycles. The average molecular weight is 212 g/mol. The summed E-state index contributed by atoms with van der Waals surface area (Å²) in [4.78, 5) is 2.28. The molecule has 0 heterocycles. The van der Waals surface area contributed by atoms with Crippen molar-refractivity contribution in [3.05, 3.63) is 0 Å². The second-order valence-corrected chi connectivity index (χ2v) is 5.59. The zero-order valence-corrected chi connectivity index (χ0v) is 11.1. The number of nitrogens with one attached hydrogen (secondary N) is 1. The van der Waals surface area contributed by atoms with Crippen molar-refractivity contribution in [2.45, 2.75) is 52.1 Å². The summed E-state index contributed by atoms with van der Waals surface area (Å²) in [6.07, 6.45) is 4.19. The molecule has 0 saturated heterocycles. The lowest BCUT2D eigenvalue weighted by Gasteiger charge is -2.36. The Morgan fingerprint density at radius 2 is 1.93 bits per heavy atom. The van der Waals surface area contributed by atoms with Crippen molar-refractivity contribution in [3.8, 4) is 0 Å². The van der Waals surface area contributed by atoms with Gasteiger partial charge in [-0.15, -0.1) is 0 Å². The van der Waals surface area contributed by atoms with Gasteiger partial charge in [0.15, 0.2) is 0 Å². The van der Waals surface area contributed by atoms with Gasteiger partial charge in [-0.25, -0.2) is 0 Å². The predicted octanol–water partition coefficient (Wildman–Crippen LogP) is 2.35. The predicted molar refractivity (Wildman–Crippen MR) is 67.1 cm³/mol. The van der Waals surface area contributed by atoms with Crippen LogP contribution in [0, 0.1) is 11.8 Å².